The molecular formula is C9H12FNO. The van der Waals surface area contributed by atoms with Gasteiger partial charge in [-0.15, -0.1) is 0 Å². The third-order valence-electron chi connectivity index (χ3n) is 2.07. The lowest BCUT2D eigenvalue weighted by Crippen LogP contribution is -1.99. The van der Waals surface area contributed by atoms with Crippen LogP contribution in [-0.2, 0) is 0 Å². The lowest BCUT2D eigenvalue weighted by Gasteiger charge is -2.10. The van der Waals surface area contributed by atoms with Crippen molar-refractivity contribution in [2.24, 2.45) is 0 Å². The van der Waals surface area contributed by atoms with E-state index in [0.717, 1.165) is 11.1 Å². The lowest BCUT2D eigenvalue weighted by atomic mass is 10.1. The minimum Gasteiger partial charge on any atom is -0.496 e. The predicted octanol–water partition coefficient (Wildman–Crippen LogP) is 2.03. The highest BCUT2D eigenvalue weighted by molar-refractivity contribution is 5.56. The van der Waals surface area contributed by atoms with Crippen molar-refractivity contribution in [1.29, 1.82) is 0 Å². The van der Waals surface area contributed by atoms with Gasteiger partial charge in [0.05, 0.1) is 12.8 Å². The molecule has 0 saturated carbocycles. The maximum absolute atomic E-state index is 13.0. The Hall–Kier alpha value is -1.25. The van der Waals surface area contributed by atoms with Gasteiger partial charge < -0.3 is 10.5 Å². The van der Waals surface area contributed by atoms with Gasteiger partial charge in [-0.05, 0) is 25.0 Å². The molecule has 1 aromatic carbocycles. The summed E-state index contributed by atoms with van der Waals surface area (Å²) in [4.78, 5) is 0. The van der Waals surface area contributed by atoms with Gasteiger partial charge in [0, 0.05) is 6.07 Å². The third kappa shape index (κ3) is 1.22. The number of nitrogen functional groups attached to an aromatic ring is 1. The zero-order chi connectivity index (χ0) is 9.30. The average Bonchev–Trinajstić information content (AvgIpc) is 2.08. The summed E-state index contributed by atoms with van der Waals surface area (Å²) < 4.78 is 18.0. The first-order valence-corrected chi connectivity index (χ1v) is 3.67. The summed E-state index contributed by atoms with van der Waals surface area (Å²) in [6, 6.07) is 1.30. The zero-order valence-corrected chi connectivity index (χ0v) is 7.44. The molecule has 0 aliphatic rings. The molecule has 3 heteroatoms. The summed E-state index contributed by atoms with van der Waals surface area (Å²) in [6.45, 7) is 3.63. The molecule has 0 aliphatic heterocycles. The van der Waals surface area contributed by atoms with Crippen LogP contribution in [0.15, 0.2) is 6.07 Å². The van der Waals surface area contributed by atoms with E-state index in [2.05, 4.69) is 0 Å². The van der Waals surface area contributed by atoms with Crippen LogP contribution in [0.1, 0.15) is 11.1 Å². The Bertz CT molecular complexity index is 310. The molecule has 0 aliphatic carbocycles. The number of rotatable bonds is 1. The molecule has 0 spiro atoms. The molecule has 0 atom stereocenters. The first-order valence-electron chi connectivity index (χ1n) is 3.67. The maximum Gasteiger partial charge on any atom is 0.150 e. The first-order chi connectivity index (χ1) is 5.57. The van der Waals surface area contributed by atoms with Crippen LogP contribution in [-0.4, -0.2) is 7.11 Å². The fraction of sp³-hybridized carbons (Fsp3) is 0.333. The molecule has 0 unspecified atom stereocenters. The van der Waals surface area contributed by atoms with Crippen molar-refractivity contribution in [2.75, 3.05) is 12.8 Å². The number of halogens is 1. The van der Waals surface area contributed by atoms with E-state index in [4.69, 9.17) is 10.5 Å². The van der Waals surface area contributed by atoms with E-state index in [-0.39, 0.29) is 5.69 Å². The Balaban J connectivity index is 3.39. The summed E-state index contributed by atoms with van der Waals surface area (Å²) in [5.41, 5.74) is 7.31. The second kappa shape index (κ2) is 3.01. The van der Waals surface area contributed by atoms with Crippen LogP contribution < -0.4 is 10.5 Å². The number of ether oxygens (including phenoxy) is 1. The van der Waals surface area contributed by atoms with Crippen molar-refractivity contribution in [2.45, 2.75) is 13.8 Å². The van der Waals surface area contributed by atoms with Crippen molar-refractivity contribution in [1.82, 2.24) is 0 Å². The van der Waals surface area contributed by atoms with E-state index >= 15 is 0 Å². The second-order valence-corrected chi connectivity index (χ2v) is 2.72. The summed E-state index contributed by atoms with van der Waals surface area (Å²) in [7, 11) is 1.51. The Kier molecular flexibility index (Phi) is 2.22. The average molecular weight is 169 g/mol. The number of benzene rings is 1. The highest BCUT2D eigenvalue weighted by Gasteiger charge is 2.09. The van der Waals surface area contributed by atoms with Crippen molar-refractivity contribution < 1.29 is 9.13 Å². The summed E-state index contributed by atoms with van der Waals surface area (Å²) in [5, 5.41) is 0. The van der Waals surface area contributed by atoms with Crippen LogP contribution in [0.3, 0.4) is 0 Å². The molecule has 0 aromatic heterocycles. The lowest BCUT2D eigenvalue weighted by molar-refractivity contribution is 0.408. The number of hydrogen-bond acceptors (Lipinski definition) is 2. The first kappa shape index (κ1) is 8.84. The smallest absolute Gasteiger partial charge is 0.150 e. The van der Waals surface area contributed by atoms with E-state index in [1.807, 2.05) is 6.92 Å². The molecule has 66 valence electrons. The predicted molar refractivity (Wildman–Crippen MR) is 46.8 cm³/mol. The molecule has 0 saturated heterocycles. The van der Waals surface area contributed by atoms with E-state index in [1.54, 1.807) is 6.92 Å². The summed E-state index contributed by atoms with van der Waals surface area (Å²) in [5.74, 6) is 0.120. The Morgan fingerprint density at radius 1 is 1.33 bits per heavy atom. The highest BCUT2D eigenvalue weighted by Crippen LogP contribution is 2.27. The zero-order valence-electron chi connectivity index (χ0n) is 7.44. The topological polar surface area (TPSA) is 35.2 Å². The van der Waals surface area contributed by atoms with E-state index in [9.17, 15) is 4.39 Å². The molecular weight excluding hydrogens is 157 g/mol. The fourth-order valence-corrected chi connectivity index (χ4v) is 1.08. The van der Waals surface area contributed by atoms with Gasteiger partial charge in [-0.2, -0.15) is 0 Å². The maximum atomic E-state index is 13.0. The summed E-state index contributed by atoms with van der Waals surface area (Å²) in [6.07, 6.45) is 0. The van der Waals surface area contributed by atoms with Crippen LogP contribution in [0.5, 0.6) is 5.75 Å². The van der Waals surface area contributed by atoms with Crippen LogP contribution >= 0.6 is 0 Å². The molecule has 0 fully saturated rings. The van der Waals surface area contributed by atoms with Crippen molar-refractivity contribution >= 4 is 5.69 Å². The van der Waals surface area contributed by atoms with Crippen LogP contribution in [0.25, 0.3) is 0 Å². The highest BCUT2D eigenvalue weighted by atomic mass is 19.1. The largest absolute Gasteiger partial charge is 0.496 e. The minimum atomic E-state index is -0.421. The Morgan fingerprint density at radius 3 is 2.42 bits per heavy atom. The second-order valence-electron chi connectivity index (χ2n) is 2.72. The van der Waals surface area contributed by atoms with E-state index < -0.39 is 5.82 Å². The van der Waals surface area contributed by atoms with Gasteiger partial charge in [0.1, 0.15) is 11.6 Å². The van der Waals surface area contributed by atoms with E-state index in [1.165, 1.54) is 13.2 Å². The standard InChI is InChI=1S/C9H12FNO/c1-5-6(2)9(11)7(10)4-8(5)12-3/h4H,11H2,1-3H3. The molecule has 0 radical (unpaired) electrons. The van der Waals surface area contributed by atoms with Gasteiger partial charge >= 0.3 is 0 Å². The van der Waals surface area contributed by atoms with Gasteiger partial charge in [-0.1, -0.05) is 0 Å². The number of anilines is 1. The Labute approximate surface area is 71.1 Å². The Morgan fingerprint density at radius 2 is 1.92 bits per heavy atom. The van der Waals surface area contributed by atoms with E-state index in [0.29, 0.717) is 5.75 Å². The third-order valence-corrected chi connectivity index (χ3v) is 2.07. The number of nitrogens with two attached hydrogens (primary N) is 1. The molecule has 2 nitrogen and oxygen atoms in total. The van der Waals surface area contributed by atoms with Crippen LogP contribution in [0, 0.1) is 19.7 Å². The number of hydrogen-bond donors (Lipinski definition) is 1. The molecule has 0 bridgehead atoms. The van der Waals surface area contributed by atoms with Gasteiger partial charge in [-0.25, -0.2) is 4.39 Å². The molecule has 1 rings (SSSR count). The number of methoxy groups -OCH3 is 1. The molecule has 1 aromatic rings. The minimum absolute atomic E-state index is 0.202. The summed E-state index contributed by atoms with van der Waals surface area (Å²) >= 11 is 0. The quantitative estimate of drug-likeness (QED) is 0.653. The molecule has 2 N–H and O–H groups in total. The van der Waals surface area contributed by atoms with Crippen LogP contribution in [0.4, 0.5) is 10.1 Å². The van der Waals surface area contributed by atoms with Gasteiger partial charge in [-0.3, -0.25) is 0 Å². The fourth-order valence-electron chi connectivity index (χ4n) is 1.08. The molecule has 0 heterocycles. The molecule has 0 amide bonds. The normalized spacial score (nSPS) is 10.0. The van der Waals surface area contributed by atoms with Crippen LogP contribution in [0.2, 0.25) is 0 Å². The van der Waals surface area contributed by atoms with Crippen molar-refractivity contribution in [3.8, 4) is 5.75 Å². The van der Waals surface area contributed by atoms with Crippen molar-refractivity contribution in [3.63, 3.8) is 0 Å². The SMILES string of the molecule is COc1cc(F)c(N)c(C)c1C. The van der Waals surface area contributed by atoms with Gasteiger partial charge in [0.15, 0.2) is 0 Å². The van der Waals surface area contributed by atoms with Crippen molar-refractivity contribution in [3.05, 3.63) is 23.0 Å². The van der Waals surface area contributed by atoms with Gasteiger partial charge in [0.2, 0.25) is 0 Å². The monoisotopic (exact) mass is 169 g/mol. The van der Waals surface area contributed by atoms with Gasteiger partial charge in [0.25, 0.3) is 0 Å². The molecule has 12 heavy (non-hydrogen) atoms.